The van der Waals surface area contributed by atoms with Gasteiger partial charge >= 0.3 is 6.03 Å². The van der Waals surface area contributed by atoms with Gasteiger partial charge in [0.1, 0.15) is 0 Å². The predicted octanol–water partition coefficient (Wildman–Crippen LogP) is 3.37. The Hall–Kier alpha value is -1.65. The van der Waals surface area contributed by atoms with Gasteiger partial charge in [-0.15, -0.1) is 10.2 Å². The lowest BCUT2D eigenvalue weighted by molar-refractivity contribution is -0.119. The van der Waals surface area contributed by atoms with Crippen LogP contribution in [0.5, 0.6) is 0 Å². The third kappa shape index (κ3) is 5.77. The number of thioether (sulfide) groups is 1. The standard InChI is InChI=1S/C14H16BrN5O2S2/c1-3-16-12(22)18-11(21)8(2)23-14-20-19-13(24-14)17-10-6-4-5-9(15)7-10/h4-8H,3H2,1-2H3,(H,17,19)(H2,16,18,21,22). The van der Waals surface area contributed by atoms with Gasteiger partial charge in [0, 0.05) is 16.7 Å². The second-order valence-corrected chi connectivity index (χ2v) is 8.10. The molecule has 7 nitrogen and oxygen atoms in total. The number of amides is 3. The molecule has 1 aromatic carbocycles. The highest BCUT2D eigenvalue weighted by Gasteiger charge is 2.19. The molecule has 1 atom stereocenters. The van der Waals surface area contributed by atoms with Crippen LogP contribution in [-0.4, -0.2) is 33.9 Å². The maximum Gasteiger partial charge on any atom is 0.321 e. The first kappa shape index (κ1) is 18.7. The number of nitrogens with zero attached hydrogens (tertiary/aromatic N) is 2. The monoisotopic (exact) mass is 429 g/mol. The maximum atomic E-state index is 11.9. The Morgan fingerprint density at radius 2 is 2.17 bits per heavy atom. The predicted molar refractivity (Wildman–Crippen MR) is 99.9 cm³/mol. The molecule has 3 N–H and O–H groups in total. The number of urea groups is 1. The molecule has 0 aliphatic heterocycles. The van der Waals surface area contributed by atoms with E-state index in [0.29, 0.717) is 16.0 Å². The van der Waals surface area contributed by atoms with E-state index in [4.69, 9.17) is 0 Å². The summed E-state index contributed by atoms with van der Waals surface area (Å²) in [6, 6.07) is 7.19. The van der Waals surface area contributed by atoms with Gasteiger partial charge in [-0.1, -0.05) is 45.1 Å². The van der Waals surface area contributed by atoms with Crippen LogP contribution in [0.3, 0.4) is 0 Å². The molecule has 10 heteroatoms. The van der Waals surface area contributed by atoms with Crippen LogP contribution in [0.15, 0.2) is 33.1 Å². The molecule has 0 saturated heterocycles. The summed E-state index contributed by atoms with van der Waals surface area (Å²) in [7, 11) is 0. The molecular weight excluding hydrogens is 414 g/mol. The number of anilines is 2. The lowest BCUT2D eigenvalue weighted by Crippen LogP contribution is -2.42. The molecule has 2 aromatic rings. The largest absolute Gasteiger partial charge is 0.338 e. The number of halogens is 1. The highest BCUT2D eigenvalue weighted by Crippen LogP contribution is 2.30. The lowest BCUT2D eigenvalue weighted by Gasteiger charge is -2.09. The van der Waals surface area contributed by atoms with Crippen molar-refractivity contribution in [2.45, 2.75) is 23.4 Å². The minimum Gasteiger partial charge on any atom is -0.338 e. The van der Waals surface area contributed by atoms with Crippen molar-refractivity contribution in [3.8, 4) is 0 Å². The third-order valence-electron chi connectivity index (χ3n) is 2.70. The van der Waals surface area contributed by atoms with Crippen molar-refractivity contribution in [1.82, 2.24) is 20.8 Å². The number of nitrogens with one attached hydrogen (secondary N) is 3. The summed E-state index contributed by atoms with van der Waals surface area (Å²) in [5.74, 6) is -0.373. The Kier molecular flexibility index (Phi) is 7.00. The SMILES string of the molecule is CCNC(=O)NC(=O)C(C)Sc1nnc(Nc2cccc(Br)c2)s1. The number of benzene rings is 1. The van der Waals surface area contributed by atoms with Crippen LogP contribution in [-0.2, 0) is 4.79 Å². The number of carbonyl (C=O) groups excluding carboxylic acids is 2. The van der Waals surface area contributed by atoms with Gasteiger partial charge in [-0.05, 0) is 32.0 Å². The zero-order chi connectivity index (χ0) is 17.5. The Labute approximate surface area is 156 Å². The average Bonchev–Trinajstić information content (AvgIpc) is 2.94. The second-order valence-electron chi connectivity index (χ2n) is 4.62. The van der Waals surface area contributed by atoms with E-state index in [1.165, 1.54) is 23.1 Å². The summed E-state index contributed by atoms with van der Waals surface area (Å²) in [6.07, 6.45) is 0. The highest BCUT2D eigenvalue weighted by molar-refractivity contribution is 9.10. The van der Waals surface area contributed by atoms with Crippen LogP contribution in [0.25, 0.3) is 0 Å². The van der Waals surface area contributed by atoms with Gasteiger partial charge < -0.3 is 10.6 Å². The van der Waals surface area contributed by atoms with Gasteiger partial charge in [-0.2, -0.15) is 0 Å². The van der Waals surface area contributed by atoms with E-state index in [0.717, 1.165) is 10.2 Å². The van der Waals surface area contributed by atoms with Crippen LogP contribution >= 0.6 is 39.0 Å². The Bertz CT molecular complexity index is 725. The zero-order valence-corrected chi connectivity index (χ0v) is 16.2. The molecular formula is C14H16BrN5O2S2. The van der Waals surface area contributed by atoms with Crippen molar-refractivity contribution in [3.63, 3.8) is 0 Å². The molecule has 1 heterocycles. The van der Waals surface area contributed by atoms with Crippen molar-refractivity contribution < 1.29 is 9.59 Å². The van der Waals surface area contributed by atoms with Gasteiger partial charge in [-0.25, -0.2) is 4.79 Å². The molecule has 0 aliphatic carbocycles. The third-order valence-corrected chi connectivity index (χ3v) is 5.22. The van der Waals surface area contributed by atoms with E-state index < -0.39 is 11.3 Å². The van der Waals surface area contributed by atoms with E-state index in [2.05, 4.69) is 42.1 Å². The molecule has 0 fully saturated rings. The quantitative estimate of drug-likeness (QED) is 0.609. The smallest absolute Gasteiger partial charge is 0.321 e. The van der Waals surface area contributed by atoms with Gasteiger partial charge in [0.2, 0.25) is 11.0 Å². The van der Waals surface area contributed by atoms with E-state index in [1.54, 1.807) is 13.8 Å². The van der Waals surface area contributed by atoms with Crippen molar-refractivity contribution in [2.75, 3.05) is 11.9 Å². The van der Waals surface area contributed by atoms with Gasteiger partial charge in [0.15, 0.2) is 4.34 Å². The molecule has 0 saturated carbocycles. The molecule has 1 aromatic heterocycles. The number of hydrogen-bond donors (Lipinski definition) is 3. The number of rotatable bonds is 6. The van der Waals surface area contributed by atoms with Crippen LogP contribution in [0, 0.1) is 0 Å². The van der Waals surface area contributed by atoms with Gasteiger partial charge in [-0.3, -0.25) is 10.1 Å². The van der Waals surface area contributed by atoms with Gasteiger partial charge in [0.05, 0.1) is 5.25 Å². The topological polar surface area (TPSA) is 96.0 Å². The van der Waals surface area contributed by atoms with Crippen LogP contribution in [0.2, 0.25) is 0 Å². The van der Waals surface area contributed by atoms with Crippen LogP contribution in [0.1, 0.15) is 13.8 Å². The minimum atomic E-state index is -0.496. The van der Waals surface area contributed by atoms with Crippen molar-refractivity contribution in [2.24, 2.45) is 0 Å². The van der Waals surface area contributed by atoms with E-state index in [-0.39, 0.29) is 5.91 Å². The number of hydrogen-bond acceptors (Lipinski definition) is 7. The van der Waals surface area contributed by atoms with Crippen LogP contribution < -0.4 is 16.0 Å². The normalized spacial score (nSPS) is 11.6. The molecule has 2 rings (SSSR count). The Balaban J connectivity index is 1.91. The fraction of sp³-hybridized carbons (Fsp3) is 0.286. The molecule has 0 aliphatic rings. The second kappa shape index (κ2) is 9.00. The molecule has 1 unspecified atom stereocenters. The molecule has 3 amide bonds. The molecule has 0 spiro atoms. The summed E-state index contributed by atoms with van der Waals surface area (Å²) in [6.45, 7) is 3.95. The van der Waals surface area contributed by atoms with Crippen molar-refractivity contribution >= 4 is 61.8 Å². The fourth-order valence-corrected chi connectivity index (χ4v) is 3.94. The number of imide groups is 1. The Morgan fingerprint density at radius 1 is 1.38 bits per heavy atom. The summed E-state index contributed by atoms with van der Waals surface area (Å²) in [5.41, 5.74) is 0.888. The molecule has 0 bridgehead atoms. The van der Waals surface area contributed by atoms with Crippen LogP contribution in [0.4, 0.5) is 15.6 Å². The average molecular weight is 430 g/mol. The fourth-order valence-electron chi connectivity index (χ4n) is 1.62. The maximum absolute atomic E-state index is 11.9. The van der Waals surface area contributed by atoms with Gasteiger partial charge in [0.25, 0.3) is 0 Å². The first-order valence-corrected chi connectivity index (χ1v) is 9.58. The molecule has 128 valence electrons. The first-order valence-electron chi connectivity index (χ1n) is 7.09. The minimum absolute atomic E-state index is 0.373. The summed E-state index contributed by atoms with van der Waals surface area (Å²) < 4.78 is 1.60. The zero-order valence-electron chi connectivity index (χ0n) is 13.0. The number of carbonyl (C=O) groups is 2. The highest BCUT2D eigenvalue weighted by atomic mass is 79.9. The molecule has 24 heavy (non-hydrogen) atoms. The summed E-state index contributed by atoms with van der Waals surface area (Å²) in [5, 5.41) is 16.2. The van der Waals surface area contributed by atoms with E-state index in [1.807, 2.05) is 24.3 Å². The molecule has 0 radical (unpaired) electrons. The summed E-state index contributed by atoms with van der Waals surface area (Å²) in [4.78, 5) is 23.3. The lowest BCUT2D eigenvalue weighted by atomic mass is 10.3. The first-order chi connectivity index (χ1) is 11.5. The number of aromatic nitrogens is 2. The van der Waals surface area contributed by atoms with E-state index >= 15 is 0 Å². The van der Waals surface area contributed by atoms with Crippen molar-refractivity contribution in [3.05, 3.63) is 28.7 Å². The summed E-state index contributed by atoms with van der Waals surface area (Å²) >= 11 is 6.00. The Morgan fingerprint density at radius 3 is 2.88 bits per heavy atom. The van der Waals surface area contributed by atoms with E-state index in [9.17, 15) is 9.59 Å². The van der Waals surface area contributed by atoms with Crippen molar-refractivity contribution in [1.29, 1.82) is 0 Å².